The van der Waals surface area contributed by atoms with Gasteiger partial charge in [-0.2, -0.15) is 0 Å². The molecule has 52 heavy (non-hydrogen) atoms. The van der Waals surface area contributed by atoms with Gasteiger partial charge in [0.15, 0.2) is 6.10 Å². The van der Waals surface area contributed by atoms with Crippen LogP contribution in [-0.4, -0.2) is 59.9 Å². The highest BCUT2D eigenvalue weighted by atomic mass is 31.2. The molecule has 0 aliphatic heterocycles. The van der Waals surface area contributed by atoms with E-state index in [1.54, 1.807) is 0 Å². The molecule has 0 aliphatic rings. The van der Waals surface area contributed by atoms with Gasteiger partial charge in [0.1, 0.15) is 12.6 Å². The number of carboxylic acid groups (broad SMARTS) is 1. The molecule has 0 spiro atoms. The first kappa shape index (κ1) is 49.2. The Morgan fingerprint density at radius 1 is 0.635 bits per heavy atom. The molecule has 0 aromatic carbocycles. The van der Waals surface area contributed by atoms with Crippen molar-refractivity contribution in [3.8, 4) is 0 Å². The molecule has 0 fully saturated rings. The Hall–Kier alpha value is -2.82. The summed E-state index contributed by atoms with van der Waals surface area (Å²) < 4.78 is 32.5. The largest absolute Gasteiger partial charge is 0.480 e. The van der Waals surface area contributed by atoms with Crippen LogP contribution < -0.4 is 5.73 Å². The quantitative estimate of drug-likeness (QED) is 0.0185. The number of aliphatic carboxylic acids is 1. The van der Waals surface area contributed by atoms with Crippen LogP contribution in [0.25, 0.3) is 0 Å². The molecule has 0 saturated carbocycles. The maximum absolute atomic E-state index is 12.5. The lowest BCUT2D eigenvalue weighted by Crippen LogP contribution is -2.34. The molecular formula is C40H68NO10P. The summed E-state index contributed by atoms with van der Waals surface area (Å²) in [4.78, 5) is 45.7. The number of hydrogen-bond donors (Lipinski definition) is 3. The number of carbonyl (C=O) groups is 3. The van der Waals surface area contributed by atoms with Crippen molar-refractivity contribution >= 4 is 25.7 Å². The Labute approximate surface area is 313 Å². The number of carbonyl (C=O) groups excluding carboxylic acids is 2. The standard InChI is InChI=1S/C40H68NO10P/c1-3-5-7-9-11-13-15-17-18-20-21-23-25-27-29-31-38(42)48-33-36(34-49-52(46,47)50-35-37(41)40(44)45)51-39(43)32-30-28-26-24-22-19-16-14-12-10-8-6-4-2/h5,7,9,11,13,15,19,22,26,28,36-37H,3-4,6,8,10,12,14,16-18,20-21,23-25,27,29-35,41H2,1-2H3,(H,44,45)(H,46,47)/b7-5+,11-9+,15-13+,22-19+,28-26+/t36?,37-/m0/s1. The minimum absolute atomic E-state index is 0.0498. The van der Waals surface area contributed by atoms with Gasteiger partial charge in [-0.05, 0) is 51.4 Å². The summed E-state index contributed by atoms with van der Waals surface area (Å²) in [6.45, 7) is 2.56. The van der Waals surface area contributed by atoms with E-state index in [1.165, 1.54) is 44.9 Å². The van der Waals surface area contributed by atoms with Gasteiger partial charge in [-0.25, -0.2) is 4.57 Å². The molecule has 0 bridgehead atoms. The average Bonchev–Trinajstić information content (AvgIpc) is 3.12. The van der Waals surface area contributed by atoms with Gasteiger partial charge < -0.3 is 25.2 Å². The minimum atomic E-state index is -4.73. The van der Waals surface area contributed by atoms with Crippen molar-refractivity contribution in [3.63, 3.8) is 0 Å². The first-order valence-electron chi connectivity index (χ1n) is 19.3. The molecule has 0 rings (SSSR count). The molecule has 0 radical (unpaired) electrons. The number of allylic oxidation sites excluding steroid dienone is 10. The Morgan fingerprint density at radius 3 is 1.83 bits per heavy atom. The van der Waals surface area contributed by atoms with Gasteiger partial charge in [-0.15, -0.1) is 0 Å². The highest BCUT2D eigenvalue weighted by Crippen LogP contribution is 2.43. The second-order valence-electron chi connectivity index (χ2n) is 12.7. The van der Waals surface area contributed by atoms with E-state index >= 15 is 0 Å². The smallest absolute Gasteiger partial charge is 0.472 e. The third kappa shape index (κ3) is 34.3. The highest BCUT2D eigenvalue weighted by Gasteiger charge is 2.28. The van der Waals surface area contributed by atoms with Gasteiger partial charge in [0.2, 0.25) is 0 Å². The van der Waals surface area contributed by atoms with Crippen LogP contribution in [0.2, 0.25) is 0 Å². The molecule has 4 N–H and O–H groups in total. The molecule has 0 saturated heterocycles. The Balaban J connectivity index is 4.53. The molecule has 2 unspecified atom stereocenters. The number of carboxylic acids is 1. The highest BCUT2D eigenvalue weighted by molar-refractivity contribution is 7.47. The van der Waals surface area contributed by atoms with Crippen LogP contribution in [0.1, 0.15) is 142 Å². The van der Waals surface area contributed by atoms with Crippen LogP contribution in [0.3, 0.4) is 0 Å². The van der Waals surface area contributed by atoms with Crippen molar-refractivity contribution in [3.05, 3.63) is 60.8 Å². The van der Waals surface area contributed by atoms with E-state index < -0.39 is 51.1 Å². The molecule has 0 heterocycles. The maximum atomic E-state index is 12.5. The predicted octanol–water partition coefficient (Wildman–Crippen LogP) is 9.61. The molecule has 3 atom stereocenters. The summed E-state index contributed by atoms with van der Waals surface area (Å²) in [7, 11) is -4.73. The Bertz CT molecular complexity index is 1120. The zero-order valence-electron chi connectivity index (χ0n) is 31.9. The topological polar surface area (TPSA) is 172 Å². The van der Waals surface area contributed by atoms with E-state index in [4.69, 9.17) is 24.8 Å². The molecule has 11 nitrogen and oxygen atoms in total. The fourth-order valence-corrected chi connectivity index (χ4v) is 5.54. The summed E-state index contributed by atoms with van der Waals surface area (Å²) in [5.74, 6) is -2.49. The first-order chi connectivity index (χ1) is 25.1. The van der Waals surface area contributed by atoms with Gasteiger partial charge in [-0.1, -0.05) is 139 Å². The SMILES string of the molecule is CC/C=C/C=C/C=C/CCCCCCCCCC(=O)OCC(COP(=O)(O)OC[C@H](N)C(=O)O)OC(=O)CC/C=C/C/C=C/CCCCCCCC. The van der Waals surface area contributed by atoms with Crippen molar-refractivity contribution in [2.75, 3.05) is 19.8 Å². The number of hydrogen-bond acceptors (Lipinski definition) is 9. The summed E-state index contributed by atoms with van der Waals surface area (Å²) in [6, 6.07) is -1.53. The number of esters is 2. The van der Waals surface area contributed by atoms with Crippen LogP contribution in [-0.2, 0) is 37.5 Å². The molecule has 298 valence electrons. The lowest BCUT2D eigenvalue weighted by Gasteiger charge is -2.20. The van der Waals surface area contributed by atoms with E-state index in [0.29, 0.717) is 12.8 Å². The van der Waals surface area contributed by atoms with Crippen LogP contribution in [0, 0.1) is 0 Å². The number of ether oxygens (including phenoxy) is 2. The molecule has 12 heteroatoms. The van der Waals surface area contributed by atoms with Crippen LogP contribution >= 0.6 is 7.82 Å². The summed E-state index contributed by atoms with van der Waals surface area (Å²) in [5.41, 5.74) is 5.31. The van der Waals surface area contributed by atoms with Crippen LogP contribution in [0.5, 0.6) is 0 Å². The van der Waals surface area contributed by atoms with E-state index in [1.807, 2.05) is 30.4 Å². The van der Waals surface area contributed by atoms with Gasteiger partial charge in [0.05, 0.1) is 13.2 Å². The first-order valence-corrected chi connectivity index (χ1v) is 20.8. The monoisotopic (exact) mass is 753 g/mol. The third-order valence-electron chi connectivity index (χ3n) is 7.82. The van der Waals surface area contributed by atoms with Crippen molar-refractivity contribution in [2.45, 2.75) is 154 Å². The normalized spacial score (nSPS) is 14.5. The second kappa shape index (κ2) is 35.2. The van der Waals surface area contributed by atoms with Gasteiger partial charge in [0.25, 0.3) is 0 Å². The number of unbranched alkanes of at least 4 members (excludes halogenated alkanes) is 13. The number of nitrogens with two attached hydrogens (primary N) is 1. The van der Waals surface area contributed by atoms with Gasteiger partial charge in [0, 0.05) is 12.8 Å². The molecule has 0 amide bonds. The van der Waals surface area contributed by atoms with E-state index in [0.717, 1.165) is 57.8 Å². The van der Waals surface area contributed by atoms with E-state index in [-0.39, 0.29) is 19.4 Å². The summed E-state index contributed by atoms with van der Waals surface area (Å²) in [6.07, 6.45) is 38.8. The number of phosphoric acid groups is 1. The van der Waals surface area contributed by atoms with Crippen molar-refractivity contribution in [1.29, 1.82) is 0 Å². The Morgan fingerprint density at radius 2 is 1.19 bits per heavy atom. The fourth-order valence-electron chi connectivity index (χ4n) is 4.76. The molecule has 0 aromatic heterocycles. The van der Waals surface area contributed by atoms with E-state index in [2.05, 4.69) is 48.8 Å². The van der Waals surface area contributed by atoms with E-state index in [9.17, 15) is 23.8 Å². The average molecular weight is 754 g/mol. The zero-order valence-corrected chi connectivity index (χ0v) is 32.8. The number of phosphoric ester groups is 1. The summed E-state index contributed by atoms with van der Waals surface area (Å²) in [5, 5.41) is 8.86. The summed E-state index contributed by atoms with van der Waals surface area (Å²) >= 11 is 0. The zero-order chi connectivity index (χ0) is 38.5. The minimum Gasteiger partial charge on any atom is -0.480 e. The van der Waals surface area contributed by atoms with Gasteiger partial charge in [-0.3, -0.25) is 23.4 Å². The predicted molar refractivity (Wildman–Crippen MR) is 208 cm³/mol. The lowest BCUT2D eigenvalue weighted by molar-refractivity contribution is -0.161. The second-order valence-corrected chi connectivity index (χ2v) is 14.2. The Kier molecular flexibility index (Phi) is 33.3. The van der Waals surface area contributed by atoms with Crippen molar-refractivity contribution < 1.29 is 47.5 Å². The molecule has 0 aromatic rings. The van der Waals surface area contributed by atoms with Crippen LogP contribution in [0.15, 0.2) is 60.8 Å². The van der Waals surface area contributed by atoms with Gasteiger partial charge >= 0.3 is 25.7 Å². The van der Waals surface area contributed by atoms with Crippen LogP contribution in [0.4, 0.5) is 0 Å². The lowest BCUT2D eigenvalue weighted by atomic mass is 10.1. The fraction of sp³-hybridized carbons (Fsp3) is 0.675. The van der Waals surface area contributed by atoms with Crippen molar-refractivity contribution in [1.82, 2.24) is 0 Å². The van der Waals surface area contributed by atoms with Crippen molar-refractivity contribution in [2.24, 2.45) is 5.73 Å². The third-order valence-corrected chi connectivity index (χ3v) is 8.77. The number of rotatable bonds is 35. The molecule has 0 aliphatic carbocycles. The maximum Gasteiger partial charge on any atom is 0.472 e. The molecular weight excluding hydrogens is 685 g/mol.